The Morgan fingerprint density at radius 1 is 0.269 bits per heavy atom. The van der Waals surface area contributed by atoms with Gasteiger partial charge in [-0.3, -0.25) is 14.4 Å². The molecule has 0 spiro atoms. The quantitative estimate of drug-likeness (QED) is 0.0261. The second-order valence-corrected chi connectivity index (χ2v) is 21.6. The van der Waals surface area contributed by atoms with E-state index in [-0.39, 0.29) is 31.1 Å². The highest BCUT2D eigenvalue weighted by molar-refractivity contribution is 5.71. The molecule has 0 aliphatic carbocycles. The molecule has 0 amide bonds. The average Bonchev–Trinajstić information content (AvgIpc) is 3.44. The summed E-state index contributed by atoms with van der Waals surface area (Å²) in [5.41, 5.74) is 0. The minimum atomic E-state index is -0.782. The van der Waals surface area contributed by atoms with Crippen molar-refractivity contribution < 1.29 is 28.6 Å². The Morgan fingerprint density at radius 2 is 0.500 bits per heavy atom. The first-order chi connectivity index (χ1) is 38.5. The lowest BCUT2D eigenvalue weighted by Crippen LogP contribution is -2.30. The normalized spacial score (nSPS) is 12.8. The smallest absolute Gasteiger partial charge is 0.306 e. The molecule has 0 heterocycles. The summed E-state index contributed by atoms with van der Waals surface area (Å²) in [6.07, 6.45) is 89.7. The van der Waals surface area contributed by atoms with E-state index in [2.05, 4.69) is 130 Å². The van der Waals surface area contributed by atoms with E-state index in [9.17, 15) is 14.4 Å². The third-order valence-corrected chi connectivity index (χ3v) is 14.0. The van der Waals surface area contributed by atoms with Crippen LogP contribution in [0.1, 0.15) is 310 Å². The zero-order valence-corrected chi connectivity index (χ0v) is 51.2. The summed E-state index contributed by atoms with van der Waals surface area (Å²) in [5, 5.41) is 0. The van der Waals surface area contributed by atoms with Crippen LogP contribution in [-0.2, 0) is 28.6 Å². The molecule has 0 aromatic heterocycles. The Bertz CT molecular complexity index is 1570. The van der Waals surface area contributed by atoms with Gasteiger partial charge in [0.15, 0.2) is 6.10 Å². The number of unbranched alkanes of at least 4 members (excludes halogenated alkanes) is 30. The van der Waals surface area contributed by atoms with Gasteiger partial charge in [-0.15, -0.1) is 0 Å². The number of esters is 3. The van der Waals surface area contributed by atoms with Gasteiger partial charge >= 0.3 is 17.9 Å². The van der Waals surface area contributed by atoms with Gasteiger partial charge in [0.2, 0.25) is 0 Å². The molecule has 0 bridgehead atoms. The predicted molar refractivity (Wildman–Crippen MR) is 339 cm³/mol. The van der Waals surface area contributed by atoms with Gasteiger partial charge < -0.3 is 14.2 Å². The third kappa shape index (κ3) is 62.9. The maximum Gasteiger partial charge on any atom is 0.306 e. The maximum absolute atomic E-state index is 12.9. The minimum absolute atomic E-state index is 0.0789. The van der Waals surface area contributed by atoms with Crippen LogP contribution in [0.2, 0.25) is 0 Å². The minimum Gasteiger partial charge on any atom is -0.462 e. The van der Waals surface area contributed by atoms with Gasteiger partial charge in [0.25, 0.3) is 0 Å². The molecular formula is C72H122O6. The Morgan fingerprint density at radius 3 is 0.782 bits per heavy atom. The van der Waals surface area contributed by atoms with Crippen LogP contribution in [-0.4, -0.2) is 37.2 Å². The molecule has 6 nitrogen and oxygen atoms in total. The molecule has 0 aliphatic heterocycles. The largest absolute Gasteiger partial charge is 0.462 e. The number of rotatable bonds is 59. The highest BCUT2D eigenvalue weighted by atomic mass is 16.6. The van der Waals surface area contributed by atoms with Gasteiger partial charge in [0, 0.05) is 19.3 Å². The summed E-state index contributed by atoms with van der Waals surface area (Å²) in [6, 6.07) is 0. The average molecular weight is 1080 g/mol. The molecule has 0 aliphatic rings. The first kappa shape index (κ1) is 74.1. The van der Waals surface area contributed by atoms with Crippen molar-refractivity contribution in [3.8, 4) is 0 Å². The molecule has 0 fully saturated rings. The van der Waals surface area contributed by atoms with Gasteiger partial charge in [-0.1, -0.05) is 297 Å². The number of carbonyl (C=O) groups is 3. The van der Waals surface area contributed by atoms with E-state index in [1.165, 1.54) is 148 Å². The van der Waals surface area contributed by atoms with Crippen molar-refractivity contribution >= 4 is 17.9 Å². The molecule has 0 rings (SSSR count). The monoisotopic (exact) mass is 1080 g/mol. The fraction of sp³-hybridized carbons (Fsp3) is 0.708. The van der Waals surface area contributed by atoms with Crippen LogP contribution in [0, 0.1) is 0 Å². The van der Waals surface area contributed by atoms with Crippen molar-refractivity contribution in [2.75, 3.05) is 13.2 Å². The maximum atomic E-state index is 12.9. The molecule has 446 valence electrons. The van der Waals surface area contributed by atoms with Gasteiger partial charge in [-0.05, 0) is 103 Å². The molecular weight excluding hydrogens is 961 g/mol. The zero-order valence-electron chi connectivity index (χ0n) is 51.2. The topological polar surface area (TPSA) is 78.9 Å². The van der Waals surface area contributed by atoms with Crippen molar-refractivity contribution in [3.63, 3.8) is 0 Å². The lowest BCUT2D eigenvalue weighted by atomic mass is 10.0. The van der Waals surface area contributed by atoms with E-state index < -0.39 is 6.10 Å². The molecule has 1 unspecified atom stereocenters. The van der Waals surface area contributed by atoms with Crippen LogP contribution < -0.4 is 0 Å². The molecule has 0 N–H and O–H groups in total. The lowest BCUT2D eigenvalue weighted by Gasteiger charge is -2.18. The lowest BCUT2D eigenvalue weighted by molar-refractivity contribution is -0.167. The second kappa shape index (κ2) is 65.6. The molecule has 0 aromatic carbocycles. The number of ether oxygens (including phenoxy) is 3. The molecule has 0 radical (unpaired) electrons. The van der Waals surface area contributed by atoms with Crippen LogP contribution >= 0.6 is 0 Å². The van der Waals surface area contributed by atoms with Crippen molar-refractivity contribution in [1.29, 1.82) is 0 Å². The highest BCUT2D eigenvalue weighted by Crippen LogP contribution is 2.17. The van der Waals surface area contributed by atoms with Gasteiger partial charge in [-0.2, -0.15) is 0 Å². The fourth-order valence-electron chi connectivity index (χ4n) is 9.17. The number of hydrogen-bond acceptors (Lipinski definition) is 6. The zero-order chi connectivity index (χ0) is 56.4. The highest BCUT2D eigenvalue weighted by Gasteiger charge is 2.19. The van der Waals surface area contributed by atoms with Crippen molar-refractivity contribution in [1.82, 2.24) is 0 Å². The molecule has 78 heavy (non-hydrogen) atoms. The van der Waals surface area contributed by atoms with Crippen molar-refractivity contribution in [2.24, 2.45) is 0 Å². The van der Waals surface area contributed by atoms with Gasteiger partial charge in [0.05, 0.1) is 0 Å². The van der Waals surface area contributed by atoms with Crippen LogP contribution in [0.25, 0.3) is 0 Å². The summed E-state index contributed by atoms with van der Waals surface area (Å²) in [7, 11) is 0. The number of hydrogen-bond donors (Lipinski definition) is 0. The summed E-state index contributed by atoms with van der Waals surface area (Å²) < 4.78 is 16.9. The van der Waals surface area contributed by atoms with Crippen LogP contribution in [0.4, 0.5) is 0 Å². The SMILES string of the molecule is CC/C=C\C/C=C\C/C=C\C/C=C\C/C=C\C/C=C\CCCCCCCCCCCCCCCCC(=O)OCC(COC(=O)CCCCCCCCCCCC)OC(=O)CCCCCCCCC/C=C\C/C=C\C/C=C\CC. The first-order valence-electron chi connectivity index (χ1n) is 32.9. The summed E-state index contributed by atoms with van der Waals surface area (Å²) in [5.74, 6) is -0.882. The molecule has 0 saturated carbocycles. The van der Waals surface area contributed by atoms with E-state index in [0.717, 1.165) is 122 Å². The summed E-state index contributed by atoms with van der Waals surface area (Å²) in [6.45, 7) is 6.42. The van der Waals surface area contributed by atoms with Crippen LogP contribution in [0.3, 0.4) is 0 Å². The summed E-state index contributed by atoms with van der Waals surface area (Å²) >= 11 is 0. The second-order valence-electron chi connectivity index (χ2n) is 21.6. The fourth-order valence-corrected chi connectivity index (χ4v) is 9.17. The number of carbonyl (C=O) groups excluding carboxylic acids is 3. The Hall–Kier alpha value is -3.93. The Labute approximate surface area is 482 Å². The van der Waals surface area contributed by atoms with Gasteiger partial charge in [-0.25, -0.2) is 0 Å². The third-order valence-electron chi connectivity index (χ3n) is 14.0. The van der Waals surface area contributed by atoms with E-state index in [0.29, 0.717) is 19.3 Å². The van der Waals surface area contributed by atoms with Crippen LogP contribution in [0.5, 0.6) is 0 Å². The first-order valence-corrected chi connectivity index (χ1v) is 32.9. The van der Waals surface area contributed by atoms with E-state index in [4.69, 9.17) is 14.2 Å². The van der Waals surface area contributed by atoms with Gasteiger partial charge in [0.1, 0.15) is 13.2 Å². The number of allylic oxidation sites excluding steroid dienone is 18. The molecule has 6 heteroatoms. The standard InChI is InChI=1S/C72H122O6/c1-4-7-10-13-16-19-22-24-26-28-29-30-31-32-33-34-35-36-37-38-39-40-41-42-43-45-46-48-50-53-56-59-62-65-71(74)77-68-69(67-76-70(73)64-61-58-55-52-21-18-15-12-9-6-3)78-72(75)66-63-60-57-54-51-49-47-44-27-25-23-20-17-14-11-8-5-2/h7-8,10-11,16-17,19-20,24-27,29-30,32-33,35-36,69H,4-6,9,12-15,18,21-23,28,31,34,37-68H2,1-3H3/b10-7-,11-8-,19-16-,20-17-,26-24-,27-25-,30-29-,33-32-,36-35-. The molecule has 1 atom stereocenters. The van der Waals surface area contributed by atoms with Crippen molar-refractivity contribution in [3.05, 3.63) is 109 Å². The predicted octanol–water partition coefficient (Wildman–Crippen LogP) is 22.6. The molecule has 0 aromatic rings. The van der Waals surface area contributed by atoms with Crippen LogP contribution in [0.15, 0.2) is 109 Å². The van der Waals surface area contributed by atoms with Crippen molar-refractivity contribution in [2.45, 2.75) is 316 Å². The summed E-state index contributed by atoms with van der Waals surface area (Å²) in [4.78, 5) is 38.2. The Balaban J connectivity index is 4.15. The van der Waals surface area contributed by atoms with E-state index in [1.54, 1.807) is 0 Å². The molecule has 0 saturated heterocycles. The van der Waals surface area contributed by atoms with E-state index >= 15 is 0 Å². The van der Waals surface area contributed by atoms with E-state index in [1.807, 2.05) is 0 Å². The Kier molecular flexibility index (Phi) is 62.3.